The largest absolute Gasteiger partial charge is 0.451 e. The number of anilines is 1. The van der Waals surface area contributed by atoms with Gasteiger partial charge in [-0.1, -0.05) is 48.8 Å². The summed E-state index contributed by atoms with van der Waals surface area (Å²) in [5, 5.41) is 12.6. The number of benzene rings is 1. The zero-order chi connectivity index (χ0) is 17.1. The number of para-hydroxylation sites is 1. The Balaban J connectivity index is 1.59. The van der Waals surface area contributed by atoms with E-state index in [1.54, 1.807) is 5.51 Å². The molecule has 1 aliphatic carbocycles. The van der Waals surface area contributed by atoms with Crippen molar-refractivity contribution >= 4 is 45.1 Å². The smallest absolute Gasteiger partial charge is 0.293 e. The molecule has 1 amide bonds. The molecule has 0 atom stereocenters. The molecule has 1 fully saturated rings. The van der Waals surface area contributed by atoms with Crippen LogP contribution in [-0.4, -0.2) is 21.4 Å². The third kappa shape index (κ3) is 3.72. The first kappa shape index (κ1) is 16.6. The van der Waals surface area contributed by atoms with Crippen LogP contribution in [0.4, 0.5) is 5.13 Å². The average Bonchev–Trinajstić information content (AvgIpc) is 3.28. The Morgan fingerprint density at radius 1 is 1.28 bits per heavy atom. The minimum atomic E-state index is -0.257. The average molecular weight is 374 g/mol. The van der Waals surface area contributed by atoms with Crippen LogP contribution in [0.3, 0.4) is 0 Å². The molecule has 0 unspecified atom stereocenters. The van der Waals surface area contributed by atoms with Crippen LogP contribution in [0.1, 0.15) is 48.2 Å². The fourth-order valence-electron chi connectivity index (χ4n) is 3.24. The number of furan rings is 1. The van der Waals surface area contributed by atoms with Crippen LogP contribution in [0.5, 0.6) is 0 Å². The second kappa shape index (κ2) is 7.58. The van der Waals surface area contributed by atoms with Gasteiger partial charge in [0, 0.05) is 22.0 Å². The van der Waals surface area contributed by atoms with Crippen LogP contribution in [-0.2, 0) is 5.75 Å². The molecule has 0 aliphatic heterocycles. The van der Waals surface area contributed by atoms with E-state index in [1.165, 1.54) is 43.4 Å². The van der Waals surface area contributed by atoms with E-state index in [0.717, 1.165) is 22.3 Å². The number of carbonyl (C=O) groups excluding carboxylic acids is 1. The molecule has 130 valence electrons. The summed E-state index contributed by atoms with van der Waals surface area (Å²) in [4.78, 5) is 12.7. The van der Waals surface area contributed by atoms with Crippen molar-refractivity contribution in [2.75, 3.05) is 5.32 Å². The summed E-state index contributed by atoms with van der Waals surface area (Å²) in [7, 11) is 0. The molecule has 0 radical (unpaired) electrons. The van der Waals surface area contributed by atoms with Crippen molar-refractivity contribution in [3.63, 3.8) is 0 Å². The molecule has 1 saturated carbocycles. The molecule has 3 aromatic rings. The van der Waals surface area contributed by atoms with Crippen molar-refractivity contribution in [1.29, 1.82) is 0 Å². The predicted octanol–water partition coefficient (Wildman–Crippen LogP) is 5.10. The predicted molar refractivity (Wildman–Crippen MR) is 102 cm³/mol. The van der Waals surface area contributed by atoms with Gasteiger partial charge in [0.25, 0.3) is 5.91 Å². The number of fused-ring (bicyclic) bond motifs is 1. The summed E-state index contributed by atoms with van der Waals surface area (Å²) < 4.78 is 5.88. The fourth-order valence-corrected chi connectivity index (χ4v) is 5.04. The van der Waals surface area contributed by atoms with E-state index in [2.05, 4.69) is 15.5 Å². The van der Waals surface area contributed by atoms with Gasteiger partial charge in [-0.2, -0.15) is 11.8 Å². The van der Waals surface area contributed by atoms with Gasteiger partial charge in [-0.3, -0.25) is 10.1 Å². The van der Waals surface area contributed by atoms with Crippen LogP contribution < -0.4 is 5.32 Å². The maximum absolute atomic E-state index is 12.7. The van der Waals surface area contributed by atoms with Gasteiger partial charge in [0.1, 0.15) is 11.1 Å². The number of thioether (sulfide) groups is 1. The van der Waals surface area contributed by atoms with Gasteiger partial charge < -0.3 is 4.42 Å². The summed E-state index contributed by atoms with van der Waals surface area (Å²) in [6.45, 7) is 0. The minimum Gasteiger partial charge on any atom is -0.451 e. The number of hydrogen-bond acceptors (Lipinski definition) is 6. The van der Waals surface area contributed by atoms with Crippen molar-refractivity contribution in [2.45, 2.75) is 43.1 Å². The third-order valence-electron chi connectivity index (χ3n) is 4.50. The van der Waals surface area contributed by atoms with E-state index < -0.39 is 0 Å². The van der Waals surface area contributed by atoms with Crippen LogP contribution in [0.15, 0.2) is 34.2 Å². The molecule has 0 spiro atoms. The van der Waals surface area contributed by atoms with Crippen molar-refractivity contribution in [1.82, 2.24) is 10.2 Å². The lowest BCUT2D eigenvalue weighted by Gasteiger charge is -2.20. The number of amides is 1. The zero-order valence-electron chi connectivity index (χ0n) is 13.7. The molecule has 7 heteroatoms. The first-order valence-corrected chi connectivity index (χ1v) is 10.4. The maximum atomic E-state index is 12.7. The van der Waals surface area contributed by atoms with Crippen LogP contribution in [0.25, 0.3) is 11.0 Å². The molecule has 0 bridgehead atoms. The highest BCUT2D eigenvalue weighted by molar-refractivity contribution is 7.99. The Labute approximate surface area is 154 Å². The topological polar surface area (TPSA) is 68.0 Å². The lowest BCUT2D eigenvalue weighted by atomic mass is 10.0. The van der Waals surface area contributed by atoms with Crippen molar-refractivity contribution in [3.05, 3.63) is 41.1 Å². The standard InChI is InChI=1S/C18H19N3O2S2/c22-17(20-18-21-19-11-25-18)16-14(10-24-12-6-2-1-3-7-12)13-8-4-5-9-15(13)23-16/h4-5,8-9,11-12H,1-3,6-7,10H2,(H,20,21,22). The SMILES string of the molecule is O=C(Nc1nncs1)c1oc2ccccc2c1CSC1CCCCC1. The summed E-state index contributed by atoms with van der Waals surface area (Å²) >= 11 is 3.24. The van der Waals surface area contributed by atoms with E-state index >= 15 is 0 Å². The first-order chi connectivity index (χ1) is 12.3. The quantitative estimate of drug-likeness (QED) is 0.674. The summed E-state index contributed by atoms with van der Waals surface area (Å²) in [6, 6.07) is 7.85. The first-order valence-electron chi connectivity index (χ1n) is 8.51. The molecule has 1 aliphatic rings. The molecule has 2 heterocycles. The molecule has 4 rings (SSSR count). The van der Waals surface area contributed by atoms with Gasteiger partial charge in [0.05, 0.1) is 0 Å². The normalized spacial score (nSPS) is 15.5. The molecule has 1 N–H and O–H groups in total. The van der Waals surface area contributed by atoms with Crippen LogP contribution in [0.2, 0.25) is 0 Å². The highest BCUT2D eigenvalue weighted by Crippen LogP contribution is 2.35. The van der Waals surface area contributed by atoms with Crippen molar-refractivity contribution < 1.29 is 9.21 Å². The lowest BCUT2D eigenvalue weighted by molar-refractivity contribution is 0.0997. The van der Waals surface area contributed by atoms with Gasteiger partial charge in [-0.05, 0) is 18.9 Å². The van der Waals surface area contributed by atoms with Gasteiger partial charge in [-0.15, -0.1) is 10.2 Å². The fraction of sp³-hybridized carbons (Fsp3) is 0.389. The third-order valence-corrected chi connectivity index (χ3v) is 6.51. The van der Waals surface area contributed by atoms with E-state index in [1.807, 2.05) is 36.0 Å². The van der Waals surface area contributed by atoms with Crippen LogP contribution >= 0.6 is 23.1 Å². The van der Waals surface area contributed by atoms with E-state index in [9.17, 15) is 4.79 Å². The van der Waals surface area contributed by atoms with E-state index in [0.29, 0.717) is 16.1 Å². The number of nitrogens with zero attached hydrogens (tertiary/aromatic N) is 2. The Morgan fingerprint density at radius 2 is 2.12 bits per heavy atom. The van der Waals surface area contributed by atoms with Crippen molar-refractivity contribution in [3.8, 4) is 0 Å². The Morgan fingerprint density at radius 3 is 2.92 bits per heavy atom. The molecular weight excluding hydrogens is 354 g/mol. The number of aromatic nitrogens is 2. The Bertz CT molecular complexity index is 854. The van der Waals surface area contributed by atoms with E-state index in [4.69, 9.17) is 4.42 Å². The van der Waals surface area contributed by atoms with Gasteiger partial charge in [0.2, 0.25) is 5.13 Å². The molecule has 0 saturated heterocycles. The second-order valence-electron chi connectivity index (χ2n) is 6.17. The zero-order valence-corrected chi connectivity index (χ0v) is 15.4. The molecule has 5 nitrogen and oxygen atoms in total. The molecule has 2 aromatic heterocycles. The number of carbonyl (C=O) groups is 1. The number of hydrogen-bond donors (Lipinski definition) is 1. The summed E-state index contributed by atoms with van der Waals surface area (Å²) in [5.74, 6) is 0.924. The molecular formula is C18H19N3O2S2. The molecule has 25 heavy (non-hydrogen) atoms. The van der Waals surface area contributed by atoms with Crippen LogP contribution in [0, 0.1) is 0 Å². The lowest BCUT2D eigenvalue weighted by Crippen LogP contribution is -2.13. The van der Waals surface area contributed by atoms with Gasteiger partial charge in [0.15, 0.2) is 5.76 Å². The summed E-state index contributed by atoms with van der Waals surface area (Å²) in [5.41, 5.74) is 3.33. The molecule has 1 aromatic carbocycles. The van der Waals surface area contributed by atoms with Gasteiger partial charge >= 0.3 is 0 Å². The number of nitrogens with one attached hydrogen (secondary N) is 1. The number of rotatable bonds is 5. The van der Waals surface area contributed by atoms with Crippen molar-refractivity contribution in [2.24, 2.45) is 0 Å². The Hall–Kier alpha value is -1.86. The monoisotopic (exact) mass is 373 g/mol. The highest BCUT2D eigenvalue weighted by Gasteiger charge is 2.23. The van der Waals surface area contributed by atoms with Gasteiger partial charge in [-0.25, -0.2) is 0 Å². The second-order valence-corrected chi connectivity index (χ2v) is 8.30. The van der Waals surface area contributed by atoms with E-state index in [-0.39, 0.29) is 5.91 Å². The Kier molecular flexibility index (Phi) is 5.03. The maximum Gasteiger partial charge on any atom is 0.293 e. The highest BCUT2D eigenvalue weighted by atomic mass is 32.2. The summed E-state index contributed by atoms with van der Waals surface area (Å²) in [6.07, 6.45) is 6.52. The minimum absolute atomic E-state index is 0.257.